The molecule has 0 spiro atoms. The number of halogens is 1. The van der Waals surface area contributed by atoms with Gasteiger partial charge in [0.05, 0.1) is 13.1 Å². The first-order valence-electron chi connectivity index (χ1n) is 7.29. The fourth-order valence-corrected chi connectivity index (χ4v) is 3.01. The molecule has 0 aliphatic heterocycles. The molecule has 1 amide bonds. The molecule has 0 aliphatic rings. The Morgan fingerprint density at radius 1 is 1.24 bits per heavy atom. The van der Waals surface area contributed by atoms with Crippen LogP contribution >= 0.6 is 15.9 Å². The van der Waals surface area contributed by atoms with Crippen LogP contribution in [0.3, 0.4) is 0 Å². The van der Waals surface area contributed by atoms with Crippen molar-refractivity contribution in [1.29, 1.82) is 0 Å². The summed E-state index contributed by atoms with van der Waals surface area (Å²) in [5.74, 6) is 0.682. The van der Waals surface area contributed by atoms with Crippen LogP contribution in [0.4, 0.5) is 5.82 Å². The number of hydrogen-bond donors (Lipinski definition) is 1. The zero-order valence-corrected chi connectivity index (χ0v) is 16.5. The molecule has 0 bridgehead atoms. The molecule has 0 saturated heterocycles. The van der Waals surface area contributed by atoms with Crippen molar-refractivity contribution in [1.82, 2.24) is 14.2 Å². The highest BCUT2D eigenvalue weighted by molar-refractivity contribution is 9.10. The van der Waals surface area contributed by atoms with Crippen molar-refractivity contribution in [3.63, 3.8) is 0 Å². The predicted molar refractivity (Wildman–Crippen MR) is 96.5 cm³/mol. The number of nitrogens with zero attached hydrogens (tertiary/aromatic N) is 3. The Balaban J connectivity index is 1.92. The summed E-state index contributed by atoms with van der Waals surface area (Å²) in [6.45, 7) is 0.401. The molecule has 8 nitrogen and oxygen atoms in total. The van der Waals surface area contributed by atoms with E-state index in [0.29, 0.717) is 18.1 Å². The molecule has 0 aromatic carbocycles. The van der Waals surface area contributed by atoms with Gasteiger partial charge in [0.1, 0.15) is 11.6 Å². The number of likely N-dealkylation sites (N-methyl/N-ethyl adjacent to an activating group) is 1. The second-order valence-electron chi connectivity index (χ2n) is 5.59. The molecule has 0 saturated carbocycles. The maximum Gasteiger partial charge on any atom is 0.275 e. The number of carbonyl (C=O) groups excluding carboxylic acids is 1. The summed E-state index contributed by atoms with van der Waals surface area (Å²) in [4.78, 5) is 17.8. The van der Waals surface area contributed by atoms with Gasteiger partial charge >= 0.3 is 0 Å². The van der Waals surface area contributed by atoms with E-state index in [1.165, 1.54) is 20.2 Å². The van der Waals surface area contributed by atoms with E-state index < -0.39 is 10.0 Å². The van der Waals surface area contributed by atoms with Crippen LogP contribution in [0.2, 0.25) is 0 Å². The number of amides is 1. The lowest BCUT2D eigenvalue weighted by molar-refractivity contribution is -0.117. The van der Waals surface area contributed by atoms with E-state index >= 15 is 0 Å². The van der Waals surface area contributed by atoms with Gasteiger partial charge in [-0.2, -0.15) is 0 Å². The highest BCUT2D eigenvalue weighted by Gasteiger charge is 2.22. The summed E-state index contributed by atoms with van der Waals surface area (Å²) < 4.78 is 31.2. The van der Waals surface area contributed by atoms with Gasteiger partial charge in [0.15, 0.2) is 0 Å². The van der Waals surface area contributed by atoms with Gasteiger partial charge < -0.3 is 9.73 Å². The third-order valence-corrected chi connectivity index (χ3v) is 5.36. The highest BCUT2D eigenvalue weighted by atomic mass is 79.9. The summed E-state index contributed by atoms with van der Waals surface area (Å²) in [7, 11) is 1.00. The summed E-state index contributed by atoms with van der Waals surface area (Å²) in [6.07, 6.45) is 1.59. The van der Waals surface area contributed by atoms with Crippen LogP contribution in [0.5, 0.6) is 0 Å². The summed E-state index contributed by atoms with van der Waals surface area (Å²) in [5, 5.41) is 2.56. The minimum absolute atomic E-state index is 0.105. The van der Waals surface area contributed by atoms with Crippen molar-refractivity contribution in [2.24, 2.45) is 0 Å². The van der Waals surface area contributed by atoms with Gasteiger partial charge in [0.25, 0.3) is 10.0 Å². The van der Waals surface area contributed by atoms with Crippen LogP contribution in [0.25, 0.3) is 0 Å². The first-order valence-corrected chi connectivity index (χ1v) is 9.53. The number of anilines is 1. The molecule has 0 atom stereocenters. The van der Waals surface area contributed by atoms with Gasteiger partial charge in [-0.3, -0.25) is 9.69 Å². The summed E-state index contributed by atoms with van der Waals surface area (Å²) >= 11 is 3.27. The van der Waals surface area contributed by atoms with Crippen molar-refractivity contribution in [2.75, 3.05) is 33.0 Å². The topological polar surface area (TPSA) is 95.8 Å². The Morgan fingerprint density at radius 2 is 1.96 bits per heavy atom. The Bertz CT molecular complexity index is 833. The molecule has 10 heteroatoms. The van der Waals surface area contributed by atoms with Gasteiger partial charge in [-0.15, -0.1) is 0 Å². The average molecular weight is 431 g/mol. The average Bonchev–Trinajstić information content (AvgIpc) is 2.98. The molecule has 0 aliphatic carbocycles. The fraction of sp³-hybridized carbons (Fsp3) is 0.333. The van der Waals surface area contributed by atoms with Crippen LogP contribution in [-0.4, -0.2) is 56.2 Å². The number of sulfonamides is 1. The maximum absolute atomic E-state index is 12.0. The molecular weight excluding hydrogens is 412 g/mol. The minimum Gasteiger partial charge on any atom is -0.447 e. The van der Waals surface area contributed by atoms with E-state index in [4.69, 9.17) is 4.42 Å². The number of nitrogens with one attached hydrogen (secondary N) is 1. The van der Waals surface area contributed by atoms with Gasteiger partial charge in [0, 0.05) is 24.8 Å². The second-order valence-corrected chi connectivity index (χ2v) is 8.59. The van der Waals surface area contributed by atoms with E-state index in [2.05, 4.69) is 26.2 Å². The lowest BCUT2D eigenvalue weighted by Crippen LogP contribution is -2.30. The molecule has 0 unspecified atom stereocenters. The summed E-state index contributed by atoms with van der Waals surface area (Å²) in [5.41, 5.74) is 0. The van der Waals surface area contributed by atoms with E-state index in [-0.39, 0.29) is 17.5 Å². The molecule has 2 aromatic heterocycles. The first-order chi connectivity index (χ1) is 11.7. The SMILES string of the molecule is CN(CC(=O)Nc1ccc(Br)cn1)Cc1ccc(S(=O)(=O)N(C)C)o1. The molecule has 2 heterocycles. The normalized spacial score (nSPS) is 11.9. The molecular formula is C15H19BrN4O4S. The molecule has 2 rings (SSSR count). The minimum atomic E-state index is -3.60. The van der Waals surface area contributed by atoms with Gasteiger partial charge in [0.2, 0.25) is 11.0 Å². The third kappa shape index (κ3) is 5.36. The van der Waals surface area contributed by atoms with Crippen molar-refractivity contribution >= 4 is 37.7 Å². The van der Waals surface area contributed by atoms with E-state index in [1.54, 1.807) is 36.3 Å². The third-order valence-electron chi connectivity index (χ3n) is 3.21. The number of furan rings is 1. The highest BCUT2D eigenvalue weighted by Crippen LogP contribution is 2.18. The smallest absolute Gasteiger partial charge is 0.275 e. The Kier molecular flexibility index (Phi) is 6.33. The first kappa shape index (κ1) is 19.6. The predicted octanol–water partition coefficient (Wildman–Crippen LogP) is 1.76. The number of pyridine rings is 1. The Labute approximate surface area is 155 Å². The number of rotatable bonds is 7. The molecule has 0 fully saturated rings. The van der Waals surface area contributed by atoms with Crippen LogP contribution in [0.15, 0.2) is 44.4 Å². The van der Waals surface area contributed by atoms with Crippen LogP contribution < -0.4 is 5.32 Å². The monoisotopic (exact) mass is 430 g/mol. The van der Waals surface area contributed by atoms with Crippen molar-refractivity contribution in [3.8, 4) is 0 Å². The lowest BCUT2D eigenvalue weighted by Gasteiger charge is -2.14. The number of carbonyl (C=O) groups is 1. The van der Waals surface area contributed by atoms with Crippen molar-refractivity contribution in [2.45, 2.75) is 11.6 Å². The largest absolute Gasteiger partial charge is 0.447 e. The molecule has 136 valence electrons. The van der Waals surface area contributed by atoms with E-state index in [9.17, 15) is 13.2 Å². The van der Waals surface area contributed by atoms with Gasteiger partial charge in [-0.25, -0.2) is 17.7 Å². The zero-order valence-electron chi connectivity index (χ0n) is 14.1. The maximum atomic E-state index is 12.0. The molecule has 1 N–H and O–H groups in total. The fourth-order valence-electron chi connectivity index (χ4n) is 1.96. The molecule has 0 radical (unpaired) electrons. The zero-order chi connectivity index (χ0) is 18.6. The number of hydrogen-bond acceptors (Lipinski definition) is 6. The van der Waals surface area contributed by atoms with Crippen LogP contribution in [0, 0.1) is 0 Å². The van der Waals surface area contributed by atoms with Crippen LogP contribution in [-0.2, 0) is 21.4 Å². The standard InChI is InChI=1S/C15H19BrN4O4S/c1-19(2)25(22,23)15-7-5-12(24-15)9-20(3)10-14(21)18-13-6-4-11(16)8-17-13/h4-8H,9-10H2,1-3H3,(H,17,18,21). The van der Waals surface area contributed by atoms with Crippen molar-refractivity contribution in [3.05, 3.63) is 40.7 Å². The van der Waals surface area contributed by atoms with Crippen LogP contribution in [0.1, 0.15) is 5.76 Å². The van der Waals surface area contributed by atoms with Gasteiger partial charge in [-0.05, 0) is 47.2 Å². The lowest BCUT2D eigenvalue weighted by atomic mass is 10.4. The van der Waals surface area contributed by atoms with Gasteiger partial charge in [-0.1, -0.05) is 0 Å². The van der Waals surface area contributed by atoms with Crippen molar-refractivity contribution < 1.29 is 17.6 Å². The Hall–Kier alpha value is -1.75. The number of aromatic nitrogens is 1. The quantitative estimate of drug-likeness (QED) is 0.718. The van der Waals surface area contributed by atoms with E-state index in [1.807, 2.05) is 0 Å². The van der Waals surface area contributed by atoms with E-state index in [0.717, 1.165) is 8.78 Å². The molecule has 2 aromatic rings. The summed E-state index contributed by atoms with van der Waals surface area (Å²) in [6, 6.07) is 6.46. The Morgan fingerprint density at radius 3 is 2.56 bits per heavy atom. The second kappa shape index (κ2) is 8.09. The molecule has 25 heavy (non-hydrogen) atoms.